The van der Waals surface area contributed by atoms with Crippen molar-refractivity contribution < 1.29 is 4.74 Å². The minimum absolute atomic E-state index is 0.772. The van der Waals surface area contributed by atoms with Crippen molar-refractivity contribution >= 4 is 16.6 Å². The molecule has 0 spiro atoms. The first-order chi connectivity index (χ1) is 11.9. The van der Waals surface area contributed by atoms with Crippen LogP contribution in [0.15, 0.2) is 55.0 Å². The van der Waals surface area contributed by atoms with Crippen LogP contribution in [0.1, 0.15) is 32.6 Å². The van der Waals surface area contributed by atoms with Crippen LogP contribution in [0, 0.1) is 0 Å². The van der Waals surface area contributed by atoms with E-state index < -0.39 is 0 Å². The smallest absolute Gasteiger partial charge is 0.139 e. The highest BCUT2D eigenvalue weighted by Gasteiger charge is 2.04. The minimum atomic E-state index is 0.772. The Morgan fingerprint density at radius 3 is 2.67 bits per heavy atom. The molecule has 0 aliphatic heterocycles. The van der Waals surface area contributed by atoms with Crippen LogP contribution in [0.5, 0.6) is 11.5 Å². The molecule has 0 fully saturated rings. The first-order valence-electron chi connectivity index (χ1n) is 8.57. The molecule has 0 saturated heterocycles. The maximum absolute atomic E-state index is 6.00. The van der Waals surface area contributed by atoms with E-state index in [1.165, 1.54) is 25.7 Å². The van der Waals surface area contributed by atoms with Gasteiger partial charge in [-0.05, 0) is 42.8 Å². The van der Waals surface area contributed by atoms with Crippen molar-refractivity contribution in [3.05, 3.63) is 55.0 Å². The largest absolute Gasteiger partial charge is 0.457 e. The summed E-state index contributed by atoms with van der Waals surface area (Å²) >= 11 is 0. The van der Waals surface area contributed by atoms with Crippen LogP contribution < -0.4 is 10.1 Å². The molecule has 4 nitrogen and oxygen atoms in total. The third kappa shape index (κ3) is 4.22. The number of benzene rings is 1. The molecule has 0 saturated carbocycles. The summed E-state index contributed by atoms with van der Waals surface area (Å²) in [4.78, 5) is 8.48. The van der Waals surface area contributed by atoms with Crippen molar-refractivity contribution in [1.29, 1.82) is 0 Å². The molecule has 1 aromatic carbocycles. The highest BCUT2D eigenvalue weighted by atomic mass is 16.5. The number of rotatable bonds is 8. The Kier molecular flexibility index (Phi) is 5.61. The first-order valence-corrected chi connectivity index (χ1v) is 8.57. The number of ether oxygens (including phenoxy) is 1. The lowest BCUT2D eigenvalue weighted by atomic mass is 10.2. The molecule has 2 aromatic heterocycles. The molecular formula is C20H23N3O. The molecule has 2 heterocycles. The first kappa shape index (κ1) is 16.2. The molecular weight excluding hydrogens is 298 g/mol. The van der Waals surface area contributed by atoms with Crippen molar-refractivity contribution in [2.75, 3.05) is 11.9 Å². The molecule has 0 atom stereocenters. The van der Waals surface area contributed by atoms with Gasteiger partial charge in [-0.25, -0.2) is 0 Å². The predicted molar refractivity (Wildman–Crippen MR) is 98.7 cm³/mol. The van der Waals surface area contributed by atoms with E-state index in [1.807, 2.05) is 24.3 Å². The zero-order valence-corrected chi connectivity index (χ0v) is 14.0. The van der Waals surface area contributed by atoms with E-state index in [4.69, 9.17) is 4.74 Å². The number of nitrogens with zero attached hydrogens (tertiary/aromatic N) is 2. The van der Waals surface area contributed by atoms with Gasteiger partial charge in [0.2, 0.25) is 0 Å². The molecule has 3 rings (SSSR count). The number of fused-ring (bicyclic) bond motifs is 1. The topological polar surface area (TPSA) is 47.0 Å². The Labute approximate surface area is 142 Å². The SMILES string of the molecule is CCCCCCNc1ccc(Oc2ccnc3ccncc23)cc1. The number of anilines is 1. The van der Waals surface area contributed by atoms with Crippen molar-refractivity contribution in [2.24, 2.45) is 0 Å². The summed E-state index contributed by atoms with van der Waals surface area (Å²) in [5, 5.41) is 4.36. The van der Waals surface area contributed by atoms with E-state index in [9.17, 15) is 0 Å². The fraction of sp³-hybridized carbons (Fsp3) is 0.300. The predicted octanol–water partition coefficient (Wildman–Crippen LogP) is 5.41. The van der Waals surface area contributed by atoms with Gasteiger partial charge in [0.15, 0.2) is 0 Å². The lowest BCUT2D eigenvalue weighted by Crippen LogP contribution is -2.01. The lowest BCUT2D eigenvalue weighted by Gasteiger charge is -2.10. The minimum Gasteiger partial charge on any atom is -0.457 e. The summed E-state index contributed by atoms with van der Waals surface area (Å²) in [6, 6.07) is 11.8. The normalized spacial score (nSPS) is 10.7. The molecule has 4 heteroatoms. The zero-order valence-electron chi connectivity index (χ0n) is 14.0. The maximum Gasteiger partial charge on any atom is 0.139 e. The molecule has 1 N–H and O–H groups in total. The number of pyridine rings is 2. The number of hydrogen-bond acceptors (Lipinski definition) is 4. The Balaban J connectivity index is 1.61. The van der Waals surface area contributed by atoms with Gasteiger partial charge in [0.05, 0.1) is 10.9 Å². The van der Waals surface area contributed by atoms with Gasteiger partial charge in [0.1, 0.15) is 11.5 Å². The van der Waals surface area contributed by atoms with Gasteiger partial charge in [0.25, 0.3) is 0 Å². The third-order valence-electron chi connectivity index (χ3n) is 3.94. The molecule has 0 aliphatic carbocycles. The van der Waals surface area contributed by atoms with Crippen LogP contribution >= 0.6 is 0 Å². The molecule has 24 heavy (non-hydrogen) atoms. The molecule has 0 aliphatic rings. The standard InChI is InChI=1S/C20H23N3O/c1-2-3-4-5-12-22-16-6-8-17(9-7-16)24-20-11-14-23-19-10-13-21-15-18(19)20/h6-11,13-15,22H,2-5,12H2,1H3. The van der Waals surface area contributed by atoms with Gasteiger partial charge in [-0.15, -0.1) is 0 Å². The van der Waals surface area contributed by atoms with Crippen LogP contribution in [0.3, 0.4) is 0 Å². The number of hydrogen-bond donors (Lipinski definition) is 1. The fourth-order valence-electron chi connectivity index (χ4n) is 2.61. The van der Waals surface area contributed by atoms with Crippen LogP contribution in [0.4, 0.5) is 5.69 Å². The second kappa shape index (κ2) is 8.29. The van der Waals surface area contributed by atoms with Gasteiger partial charge in [-0.2, -0.15) is 0 Å². The Morgan fingerprint density at radius 1 is 0.958 bits per heavy atom. The molecule has 0 bridgehead atoms. The molecule has 0 amide bonds. The van der Waals surface area contributed by atoms with E-state index in [1.54, 1.807) is 18.6 Å². The highest BCUT2D eigenvalue weighted by Crippen LogP contribution is 2.28. The molecule has 0 unspecified atom stereocenters. The van der Waals surface area contributed by atoms with Gasteiger partial charge in [-0.3, -0.25) is 9.97 Å². The summed E-state index contributed by atoms with van der Waals surface area (Å²) in [7, 11) is 0. The van der Waals surface area contributed by atoms with Crippen LogP contribution in [0.2, 0.25) is 0 Å². The summed E-state index contributed by atoms with van der Waals surface area (Å²) in [5.74, 6) is 1.58. The molecule has 124 valence electrons. The average molecular weight is 321 g/mol. The van der Waals surface area contributed by atoms with Crippen molar-refractivity contribution in [3.63, 3.8) is 0 Å². The average Bonchev–Trinajstić information content (AvgIpc) is 2.63. The van der Waals surface area contributed by atoms with Crippen molar-refractivity contribution in [1.82, 2.24) is 9.97 Å². The highest BCUT2D eigenvalue weighted by molar-refractivity contribution is 5.83. The fourth-order valence-corrected chi connectivity index (χ4v) is 2.61. The summed E-state index contributed by atoms with van der Waals surface area (Å²) < 4.78 is 6.00. The Hall–Kier alpha value is -2.62. The maximum atomic E-state index is 6.00. The van der Waals surface area contributed by atoms with Gasteiger partial charge in [0, 0.05) is 30.8 Å². The summed E-state index contributed by atoms with van der Waals surface area (Å²) in [6.07, 6.45) is 10.3. The van der Waals surface area contributed by atoms with E-state index in [0.29, 0.717) is 0 Å². The van der Waals surface area contributed by atoms with Crippen molar-refractivity contribution in [2.45, 2.75) is 32.6 Å². The molecule has 0 radical (unpaired) electrons. The van der Waals surface area contributed by atoms with Gasteiger partial charge in [-0.1, -0.05) is 26.2 Å². The van der Waals surface area contributed by atoms with E-state index in [-0.39, 0.29) is 0 Å². The van der Waals surface area contributed by atoms with E-state index in [0.717, 1.165) is 34.6 Å². The number of nitrogens with one attached hydrogen (secondary N) is 1. The van der Waals surface area contributed by atoms with Crippen LogP contribution in [-0.4, -0.2) is 16.5 Å². The second-order valence-corrected chi connectivity index (χ2v) is 5.82. The lowest BCUT2D eigenvalue weighted by molar-refractivity contribution is 0.488. The van der Waals surface area contributed by atoms with Crippen LogP contribution in [0.25, 0.3) is 10.9 Å². The quantitative estimate of drug-likeness (QED) is 0.563. The second-order valence-electron chi connectivity index (χ2n) is 5.82. The zero-order chi connectivity index (χ0) is 16.6. The van der Waals surface area contributed by atoms with E-state index in [2.05, 4.69) is 34.3 Å². The molecule has 3 aromatic rings. The van der Waals surface area contributed by atoms with Gasteiger partial charge < -0.3 is 10.1 Å². The van der Waals surface area contributed by atoms with Crippen LogP contribution in [-0.2, 0) is 0 Å². The Morgan fingerprint density at radius 2 is 1.83 bits per heavy atom. The summed E-state index contributed by atoms with van der Waals surface area (Å²) in [6.45, 7) is 3.25. The monoisotopic (exact) mass is 321 g/mol. The third-order valence-corrected chi connectivity index (χ3v) is 3.94. The van der Waals surface area contributed by atoms with E-state index >= 15 is 0 Å². The number of aromatic nitrogens is 2. The van der Waals surface area contributed by atoms with Crippen molar-refractivity contribution in [3.8, 4) is 11.5 Å². The summed E-state index contributed by atoms with van der Waals surface area (Å²) in [5.41, 5.74) is 2.01. The van der Waals surface area contributed by atoms with Gasteiger partial charge >= 0.3 is 0 Å². The number of unbranched alkanes of at least 4 members (excludes halogenated alkanes) is 3. The Bertz CT molecular complexity index is 766.